The van der Waals surface area contributed by atoms with Gasteiger partial charge in [0.2, 0.25) is 0 Å². The van der Waals surface area contributed by atoms with Crippen molar-refractivity contribution in [1.29, 1.82) is 0 Å². The quantitative estimate of drug-likeness (QED) is 0.765. The summed E-state index contributed by atoms with van der Waals surface area (Å²) >= 11 is 0. The van der Waals surface area contributed by atoms with Crippen molar-refractivity contribution in [3.05, 3.63) is 59.7 Å². The van der Waals surface area contributed by atoms with Gasteiger partial charge in [-0.3, -0.25) is 4.90 Å². The molecule has 1 aliphatic rings. The molecule has 1 unspecified atom stereocenters. The summed E-state index contributed by atoms with van der Waals surface area (Å²) in [4.78, 5) is 13.5. The smallest absolute Gasteiger partial charge is 0.321 e. The summed E-state index contributed by atoms with van der Waals surface area (Å²) in [5.41, 5.74) is 4.55. The van der Waals surface area contributed by atoms with Gasteiger partial charge in [-0.2, -0.15) is 0 Å². The van der Waals surface area contributed by atoms with Gasteiger partial charge < -0.3 is 16.0 Å². The lowest BCUT2D eigenvalue weighted by Crippen LogP contribution is -2.27. The molecule has 1 saturated heterocycles. The normalized spacial score (nSPS) is 15.2. The number of nitrogens with zero attached hydrogens (tertiary/aromatic N) is 1. The van der Waals surface area contributed by atoms with Gasteiger partial charge in [0.05, 0.1) is 0 Å². The molecule has 24 heavy (non-hydrogen) atoms. The molecular weight excluding hydrogens is 300 g/mol. The maximum atomic E-state index is 11.7. The molecule has 2 aromatic rings. The number of nitrogens with one attached hydrogen (secondary N) is 3. The number of rotatable bonds is 6. The Morgan fingerprint density at radius 1 is 1.17 bits per heavy atom. The highest BCUT2D eigenvalue weighted by atomic mass is 16.2. The number of hydrogen-bond donors (Lipinski definition) is 3. The fourth-order valence-corrected chi connectivity index (χ4v) is 2.96. The van der Waals surface area contributed by atoms with Crippen LogP contribution in [0.25, 0.3) is 0 Å². The van der Waals surface area contributed by atoms with Crippen LogP contribution >= 0.6 is 0 Å². The molecule has 1 fully saturated rings. The Morgan fingerprint density at radius 2 is 1.92 bits per heavy atom. The highest BCUT2D eigenvalue weighted by Crippen LogP contribution is 2.21. The lowest BCUT2D eigenvalue weighted by atomic mass is 10.1. The first-order chi connectivity index (χ1) is 11.7. The van der Waals surface area contributed by atoms with Crippen LogP contribution in [-0.4, -0.2) is 26.2 Å². The third-order valence-electron chi connectivity index (χ3n) is 4.45. The standard InChI is InChI=1S/C19H24N4O/c1-14(22-13-16-5-3-4-6-18(16)20-2)15-7-9-17(10-8-15)23-12-11-21-19(23)24/h3-10,14,20,22H,11-13H2,1-2H3,(H,21,24). The second kappa shape index (κ2) is 7.36. The maximum absolute atomic E-state index is 11.7. The Morgan fingerprint density at radius 3 is 2.58 bits per heavy atom. The van der Waals surface area contributed by atoms with Crippen LogP contribution < -0.4 is 20.9 Å². The Balaban J connectivity index is 1.63. The van der Waals surface area contributed by atoms with Crippen molar-refractivity contribution >= 4 is 17.4 Å². The molecule has 0 saturated carbocycles. The molecule has 0 spiro atoms. The fraction of sp³-hybridized carbons (Fsp3) is 0.316. The van der Waals surface area contributed by atoms with Crippen molar-refractivity contribution in [3.63, 3.8) is 0 Å². The van der Waals surface area contributed by atoms with E-state index in [9.17, 15) is 4.79 Å². The zero-order valence-electron chi connectivity index (χ0n) is 14.2. The molecule has 3 N–H and O–H groups in total. The number of carbonyl (C=O) groups is 1. The summed E-state index contributed by atoms with van der Waals surface area (Å²) < 4.78 is 0. The molecule has 0 aromatic heterocycles. The van der Waals surface area contributed by atoms with Crippen LogP contribution in [0, 0.1) is 0 Å². The number of amides is 2. The van der Waals surface area contributed by atoms with E-state index in [0.29, 0.717) is 6.54 Å². The minimum absolute atomic E-state index is 0.0161. The zero-order valence-corrected chi connectivity index (χ0v) is 14.2. The monoisotopic (exact) mass is 324 g/mol. The van der Waals surface area contributed by atoms with E-state index in [-0.39, 0.29) is 12.1 Å². The van der Waals surface area contributed by atoms with E-state index in [1.165, 1.54) is 11.1 Å². The first-order valence-electron chi connectivity index (χ1n) is 8.33. The molecule has 0 bridgehead atoms. The van der Waals surface area contributed by atoms with Gasteiger partial charge in [-0.25, -0.2) is 4.79 Å². The number of anilines is 2. The van der Waals surface area contributed by atoms with Crippen LogP contribution in [0.3, 0.4) is 0 Å². The SMILES string of the molecule is CNc1ccccc1CNC(C)c1ccc(N2CCNC2=O)cc1. The second-order valence-corrected chi connectivity index (χ2v) is 5.98. The number of para-hydroxylation sites is 1. The Bertz CT molecular complexity index is 699. The van der Waals surface area contributed by atoms with Gasteiger partial charge in [0.15, 0.2) is 0 Å². The fourth-order valence-electron chi connectivity index (χ4n) is 2.96. The molecule has 5 nitrogen and oxygen atoms in total. The van der Waals surface area contributed by atoms with Crippen molar-refractivity contribution in [2.24, 2.45) is 0 Å². The lowest BCUT2D eigenvalue weighted by Gasteiger charge is -2.18. The van der Waals surface area contributed by atoms with Crippen LogP contribution in [0.2, 0.25) is 0 Å². The molecule has 2 aromatic carbocycles. The number of hydrogen-bond acceptors (Lipinski definition) is 3. The van der Waals surface area contributed by atoms with Crippen molar-refractivity contribution in [2.75, 3.05) is 30.4 Å². The summed E-state index contributed by atoms with van der Waals surface area (Å²) in [5, 5.41) is 9.60. The molecule has 5 heteroatoms. The average Bonchev–Trinajstić information content (AvgIpc) is 3.06. The predicted molar refractivity (Wildman–Crippen MR) is 98.4 cm³/mol. The van der Waals surface area contributed by atoms with E-state index < -0.39 is 0 Å². The van der Waals surface area contributed by atoms with Crippen molar-refractivity contribution in [2.45, 2.75) is 19.5 Å². The molecule has 1 aliphatic heterocycles. The maximum Gasteiger partial charge on any atom is 0.321 e. The van der Waals surface area contributed by atoms with Crippen molar-refractivity contribution in [1.82, 2.24) is 10.6 Å². The number of urea groups is 1. The van der Waals surface area contributed by atoms with Gasteiger partial charge >= 0.3 is 6.03 Å². The Kier molecular flexibility index (Phi) is 5.01. The van der Waals surface area contributed by atoms with Gasteiger partial charge in [0.1, 0.15) is 0 Å². The third-order valence-corrected chi connectivity index (χ3v) is 4.45. The first-order valence-corrected chi connectivity index (χ1v) is 8.33. The second-order valence-electron chi connectivity index (χ2n) is 5.98. The van der Waals surface area contributed by atoms with E-state index >= 15 is 0 Å². The third kappa shape index (κ3) is 3.51. The van der Waals surface area contributed by atoms with Crippen LogP contribution in [-0.2, 0) is 6.54 Å². The summed E-state index contributed by atoms with van der Waals surface area (Å²) in [7, 11) is 1.94. The summed E-state index contributed by atoms with van der Waals surface area (Å²) in [6.07, 6.45) is 0. The Hall–Kier alpha value is -2.53. The molecular formula is C19H24N4O. The minimum Gasteiger partial charge on any atom is -0.388 e. The van der Waals surface area contributed by atoms with Gasteiger partial charge in [-0.15, -0.1) is 0 Å². The van der Waals surface area contributed by atoms with E-state index in [0.717, 1.165) is 24.5 Å². The molecule has 1 atom stereocenters. The summed E-state index contributed by atoms with van der Waals surface area (Å²) in [6, 6.07) is 16.7. The average molecular weight is 324 g/mol. The van der Waals surface area contributed by atoms with Crippen LogP contribution in [0.1, 0.15) is 24.1 Å². The summed E-state index contributed by atoms with van der Waals surface area (Å²) in [5.74, 6) is 0. The van der Waals surface area contributed by atoms with Gasteiger partial charge in [0, 0.05) is 44.1 Å². The molecule has 126 valence electrons. The van der Waals surface area contributed by atoms with Crippen LogP contribution in [0.4, 0.5) is 16.2 Å². The molecule has 1 heterocycles. The highest BCUT2D eigenvalue weighted by Gasteiger charge is 2.20. The van der Waals surface area contributed by atoms with E-state index in [1.54, 1.807) is 4.90 Å². The van der Waals surface area contributed by atoms with Crippen molar-refractivity contribution in [3.8, 4) is 0 Å². The topological polar surface area (TPSA) is 56.4 Å². The molecule has 0 radical (unpaired) electrons. The predicted octanol–water partition coefficient (Wildman–Crippen LogP) is 3.11. The van der Waals surface area contributed by atoms with Crippen molar-refractivity contribution < 1.29 is 4.79 Å². The van der Waals surface area contributed by atoms with Gasteiger partial charge in [-0.05, 0) is 36.2 Å². The number of benzene rings is 2. The summed E-state index contributed by atoms with van der Waals surface area (Å²) in [6.45, 7) is 4.39. The largest absolute Gasteiger partial charge is 0.388 e. The van der Waals surface area contributed by atoms with E-state index in [1.807, 2.05) is 25.2 Å². The highest BCUT2D eigenvalue weighted by molar-refractivity contribution is 5.93. The van der Waals surface area contributed by atoms with E-state index in [4.69, 9.17) is 0 Å². The lowest BCUT2D eigenvalue weighted by molar-refractivity contribution is 0.252. The Labute approximate surface area is 143 Å². The first kappa shape index (κ1) is 16.3. The van der Waals surface area contributed by atoms with Crippen LogP contribution in [0.15, 0.2) is 48.5 Å². The van der Waals surface area contributed by atoms with E-state index in [2.05, 4.69) is 53.2 Å². The molecule has 3 rings (SSSR count). The molecule has 0 aliphatic carbocycles. The molecule has 2 amide bonds. The van der Waals surface area contributed by atoms with Gasteiger partial charge in [0.25, 0.3) is 0 Å². The number of carbonyl (C=O) groups excluding carboxylic acids is 1. The van der Waals surface area contributed by atoms with Gasteiger partial charge in [-0.1, -0.05) is 30.3 Å². The van der Waals surface area contributed by atoms with Crippen LogP contribution in [0.5, 0.6) is 0 Å². The minimum atomic E-state index is -0.0161. The zero-order chi connectivity index (χ0) is 16.9.